The summed E-state index contributed by atoms with van der Waals surface area (Å²) in [5, 5.41) is 9.01. The van der Waals surface area contributed by atoms with Crippen LogP contribution in [0.3, 0.4) is 0 Å². The van der Waals surface area contributed by atoms with E-state index in [1.165, 1.54) is 10.8 Å². The van der Waals surface area contributed by atoms with E-state index < -0.39 is 5.54 Å². The summed E-state index contributed by atoms with van der Waals surface area (Å²) in [4.78, 5) is 12.9. The van der Waals surface area contributed by atoms with Crippen LogP contribution in [0.25, 0.3) is 0 Å². The van der Waals surface area contributed by atoms with Gasteiger partial charge in [0.25, 0.3) is 0 Å². The third-order valence-corrected chi connectivity index (χ3v) is 2.54. The Kier molecular flexibility index (Phi) is 13.4. The van der Waals surface area contributed by atoms with E-state index >= 15 is 0 Å². The second-order valence-corrected chi connectivity index (χ2v) is 4.99. The van der Waals surface area contributed by atoms with Gasteiger partial charge in [0.1, 0.15) is 0 Å². The van der Waals surface area contributed by atoms with Gasteiger partial charge in [0.2, 0.25) is 5.91 Å². The van der Waals surface area contributed by atoms with Crippen molar-refractivity contribution in [2.24, 2.45) is 0 Å². The standard InChI is InChI=1S/C10H17N2O.C4H9.W/c1-6-9(13)12(5)10(4,7-11)8(2)3;1-4(2)3;/h6H2,1-5H3;1-3H3;/q2*-1;+2. The maximum Gasteiger partial charge on any atom is 2.00 e. The summed E-state index contributed by atoms with van der Waals surface area (Å²) in [6.45, 7) is 13.5. The Hall–Kier alpha value is -0.352. The summed E-state index contributed by atoms with van der Waals surface area (Å²) in [6.07, 6.45) is 0.432. The van der Waals surface area contributed by atoms with Gasteiger partial charge >= 0.3 is 21.1 Å². The molecule has 1 amide bonds. The Balaban J connectivity index is -0.000000392. The Labute approximate surface area is 127 Å². The molecule has 3 nitrogen and oxygen atoms in total. The van der Waals surface area contributed by atoms with Crippen molar-refractivity contribution in [1.82, 2.24) is 4.90 Å². The molecule has 18 heavy (non-hydrogen) atoms. The van der Waals surface area contributed by atoms with Crippen LogP contribution in [-0.4, -0.2) is 23.4 Å². The molecule has 0 aliphatic heterocycles. The quantitative estimate of drug-likeness (QED) is 0.655. The fourth-order valence-corrected chi connectivity index (χ4v) is 1.01. The van der Waals surface area contributed by atoms with Crippen molar-refractivity contribution in [3.05, 3.63) is 11.8 Å². The first-order valence-corrected chi connectivity index (χ1v) is 5.88. The molecule has 0 aliphatic carbocycles. The first kappa shape index (κ1) is 22.8. The molecule has 0 N–H and O–H groups in total. The second-order valence-electron chi connectivity index (χ2n) is 4.99. The molecule has 0 rings (SSSR count). The minimum Gasteiger partial charge on any atom is -0.356 e. The predicted molar refractivity (Wildman–Crippen MR) is 71.9 cm³/mol. The molecule has 104 valence electrons. The molecule has 0 aromatic carbocycles. The van der Waals surface area contributed by atoms with Crippen LogP contribution in [0.15, 0.2) is 0 Å². The first-order chi connectivity index (χ1) is 7.63. The Morgan fingerprint density at radius 1 is 1.28 bits per heavy atom. The summed E-state index contributed by atoms with van der Waals surface area (Å²) >= 11 is 0. The molecule has 4 heteroatoms. The second kappa shape index (κ2) is 10.6. The maximum absolute atomic E-state index is 11.4. The van der Waals surface area contributed by atoms with Gasteiger partial charge in [-0.1, -0.05) is 13.8 Å². The van der Waals surface area contributed by atoms with Crippen molar-refractivity contribution in [1.29, 1.82) is 5.26 Å². The Morgan fingerprint density at radius 3 is 1.78 bits per heavy atom. The van der Waals surface area contributed by atoms with Gasteiger partial charge in [0.05, 0.1) is 6.07 Å². The number of amides is 1. The zero-order valence-corrected chi connectivity index (χ0v) is 15.9. The number of rotatable bonds is 3. The largest absolute Gasteiger partial charge is 2.00 e. The molecule has 0 aromatic rings. The predicted octanol–water partition coefficient (Wildman–Crippen LogP) is 3.37. The Morgan fingerprint density at radius 2 is 1.61 bits per heavy atom. The van der Waals surface area contributed by atoms with E-state index in [-0.39, 0.29) is 27.0 Å². The minimum atomic E-state index is -0.771. The fourth-order valence-electron chi connectivity index (χ4n) is 1.01. The van der Waals surface area contributed by atoms with E-state index in [1.807, 2.05) is 13.8 Å². The molecule has 0 radical (unpaired) electrons. The van der Waals surface area contributed by atoms with Gasteiger partial charge in [-0.05, 0) is 0 Å². The van der Waals surface area contributed by atoms with Gasteiger partial charge in [-0.25, -0.2) is 0 Å². The third kappa shape index (κ3) is 7.88. The summed E-state index contributed by atoms with van der Waals surface area (Å²) in [5.41, 5.74) is -0.771. The molecule has 1 atom stereocenters. The Bertz CT molecular complexity index is 269. The number of nitriles is 1. The van der Waals surface area contributed by atoms with Gasteiger partial charge in [-0.2, -0.15) is 39.9 Å². The molecule has 0 aliphatic rings. The summed E-state index contributed by atoms with van der Waals surface area (Å²) < 4.78 is 0. The molecule has 0 saturated carbocycles. The molecule has 0 saturated heterocycles. The number of carbonyl (C=O) groups is 1. The van der Waals surface area contributed by atoms with Crippen LogP contribution in [0.5, 0.6) is 0 Å². The van der Waals surface area contributed by atoms with Crippen molar-refractivity contribution >= 4 is 5.91 Å². The SMILES string of the molecule is CCC(=O)N(C)C(C)(C#N)[C-](C)C.C[C-](C)C.[W+2]. The van der Waals surface area contributed by atoms with Crippen molar-refractivity contribution in [2.45, 2.75) is 60.4 Å². The molecular formula is C14H26N2OW. The van der Waals surface area contributed by atoms with Crippen molar-refractivity contribution in [3.63, 3.8) is 0 Å². The van der Waals surface area contributed by atoms with E-state index in [0.717, 1.165) is 5.92 Å². The van der Waals surface area contributed by atoms with E-state index in [0.29, 0.717) is 6.42 Å². The number of hydrogen-bond acceptors (Lipinski definition) is 2. The van der Waals surface area contributed by atoms with Crippen molar-refractivity contribution in [3.8, 4) is 6.07 Å². The normalized spacial score (nSPS) is 12.7. The molecule has 0 spiro atoms. The van der Waals surface area contributed by atoms with E-state index in [9.17, 15) is 4.79 Å². The summed E-state index contributed by atoms with van der Waals surface area (Å²) in [5.74, 6) is 2.34. The van der Waals surface area contributed by atoms with Crippen LogP contribution in [0.2, 0.25) is 0 Å². The number of carbonyl (C=O) groups excluding carboxylic acids is 1. The van der Waals surface area contributed by atoms with Gasteiger partial charge in [0.15, 0.2) is 0 Å². The molecule has 0 fully saturated rings. The van der Waals surface area contributed by atoms with E-state index in [1.54, 1.807) is 20.9 Å². The molecule has 1 unspecified atom stereocenters. The summed E-state index contributed by atoms with van der Waals surface area (Å²) in [6, 6.07) is 2.16. The number of hydrogen-bond donors (Lipinski definition) is 0. The van der Waals surface area contributed by atoms with Crippen LogP contribution in [0.1, 0.15) is 54.9 Å². The summed E-state index contributed by atoms with van der Waals surface area (Å²) in [7, 11) is 1.67. The maximum atomic E-state index is 11.4. The van der Waals surface area contributed by atoms with E-state index in [2.05, 4.69) is 26.8 Å². The van der Waals surface area contributed by atoms with Crippen LogP contribution in [-0.2, 0) is 25.9 Å². The average molecular weight is 422 g/mol. The zero-order chi connectivity index (χ0) is 14.2. The zero-order valence-electron chi connectivity index (χ0n) is 12.9. The molecular weight excluding hydrogens is 396 g/mol. The third-order valence-electron chi connectivity index (χ3n) is 2.54. The van der Waals surface area contributed by atoms with Crippen molar-refractivity contribution in [2.75, 3.05) is 7.05 Å². The van der Waals surface area contributed by atoms with Crippen LogP contribution >= 0.6 is 0 Å². The van der Waals surface area contributed by atoms with Gasteiger partial charge in [-0.15, -0.1) is 0 Å². The van der Waals surface area contributed by atoms with Gasteiger partial charge in [0, 0.05) is 19.0 Å². The minimum absolute atomic E-state index is 0. The monoisotopic (exact) mass is 422 g/mol. The van der Waals surface area contributed by atoms with Crippen LogP contribution in [0.4, 0.5) is 0 Å². The molecule has 0 aromatic heterocycles. The van der Waals surface area contributed by atoms with Crippen LogP contribution < -0.4 is 0 Å². The fraction of sp³-hybridized carbons (Fsp3) is 0.714. The average Bonchev–Trinajstić information content (AvgIpc) is 2.24. The van der Waals surface area contributed by atoms with Crippen molar-refractivity contribution < 1.29 is 25.9 Å². The smallest absolute Gasteiger partial charge is 0.356 e. The first-order valence-electron chi connectivity index (χ1n) is 5.88. The topological polar surface area (TPSA) is 44.1 Å². The van der Waals surface area contributed by atoms with E-state index in [4.69, 9.17) is 5.26 Å². The molecule has 0 heterocycles. The van der Waals surface area contributed by atoms with Gasteiger partial charge in [-0.3, -0.25) is 10.7 Å². The van der Waals surface area contributed by atoms with Crippen LogP contribution in [0, 0.1) is 23.2 Å². The number of nitrogens with zero attached hydrogens (tertiary/aromatic N) is 2. The molecule has 0 bridgehead atoms. The van der Waals surface area contributed by atoms with Gasteiger partial charge < -0.3 is 10.8 Å².